The van der Waals surface area contributed by atoms with Crippen molar-refractivity contribution in [3.8, 4) is 0 Å². The fourth-order valence-corrected chi connectivity index (χ4v) is 0.907. The van der Waals surface area contributed by atoms with E-state index in [0.717, 1.165) is 0 Å². The van der Waals surface area contributed by atoms with Gasteiger partial charge in [0.15, 0.2) is 11.6 Å². The van der Waals surface area contributed by atoms with Crippen LogP contribution < -0.4 is 5.73 Å². The molecular formula is C8H9NO2. The van der Waals surface area contributed by atoms with Crippen LogP contribution in [0.25, 0.3) is 0 Å². The number of nitrogens with two attached hydrogens (primary N) is 1. The molecule has 0 bridgehead atoms. The molecule has 0 saturated heterocycles. The van der Waals surface area contributed by atoms with Crippen LogP contribution >= 0.6 is 0 Å². The molecule has 0 unspecified atom stereocenters. The summed E-state index contributed by atoms with van der Waals surface area (Å²) < 4.78 is 0. The third-order valence-electron chi connectivity index (χ3n) is 1.45. The first kappa shape index (κ1) is 7.88. The molecule has 0 aromatic heterocycles. The third-order valence-corrected chi connectivity index (χ3v) is 1.45. The van der Waals surface area contributed by atoms with Gasteiger partial charge in [0.1, 0.15) is 0 Å². The molecule has 0 spiro atoms. The Morgan fingerprint density at radius 1 is 1.27 bits per heavy atom. The topological polar surface area (TPSA) is 60.2 Å². The van der Waals surface area contributed by atoms with Crippen molar-refractivity contribution < 1.29 is 9.59 Å². The summed E-state index contributed by atoms with van der Waals surface area (Å²) in [4.78, 5) is 21.7. The van der Waals surface area contributed by atoms with Gasteiger partial charge in [-0.2, -0.15) is 0 Å². The minimum absolute atomic E-state index is 0.102. The molecule has 0 amide bonds. The van der Waals surface area contributed by atoms with Gasteiger partial charge in [-0.3, -0.25) is 9.59 Å². The van der Waals surface area contributed by atoms with Gasteiger partial charge in [0.05, 0.1) is 0 Å². The number of hydrogen-bond acceptors (Lipinski definition) is 3. The monoisotopic (exact) mass is 151 g/mol. The van der Waals surface area contributed by atoms with E-state index in [2.05, 4.69) is 0 Å². The lowest BCUT2D eigenvalue weighted by Crippen LogP contribution is -2.11. The average molecular weight is 151 g/mol. The van der Waals surface area contributed by atoms with Crippen molar-refractivity contribution in [1.29, 1.82) is 0 Å². The first-order valence-electron chi connectivity index (χ1n) is 3.41. The number of hydrogen-bond donors (Lipinski definition) is 1. The van der Waals surface area contributed by atoms with E-state index in [1.165, 1.54) is 18.2 Å². The average Bonchev–Trinajstić information content (AvgIpc) is 1.98. The first-order chi connectivity index (χ1) is 5.24. The second-order valence-electron chi connectivity index (χ2n) is 2.31. The van der Waals surface area contributed by atoms with Crippen LogP contribution in [-0.2, 0) is 9.59 Å². The van der Waals surface area contributed by atoms with Gasteiger partial charge in [0.2, 0.25) is 0 Å². The molecule has 0 saturated carbocycles. The molecule has 3 nitrogen and oxygen atoms in total. The lowest BCUT2D eigenvalue weighted by Gasteiger charge is -2.03. The van der Waals surface area contributed by atoms with E-state index in [9.17, 15) is 9.59 Å². The Morgan fingerprint density at radius 2 is 2.00 bits per heavy atom. The maximum Gasteiger partial charge on any atom is 0.182 e. The summed E-state index contributed by atoms with van der Waals surface area (Å²) >= 11 is 0. The molecule has 1 aliphatic rings. The predicted molar refractivity (Wildman–Crippen MR) is 40.9 cm³/mol. The highest BCUT2D eigenvalue weighted by molar-refractivity contribution is 6.17. The van der Waals surface area contributed by atoms with Crippen LogP contribution in [0.5, 0.6) is 0 Å². The zero-order valence-electron chi connectivity index (χ0n) is 6.04. The van der Waals surface area contributed by atoms with Crippen LogP contribution in [0.4, 0.5) is 0 Å². The number of ketones is 2. The van der Waals surface area contributed by atoms with Crippen LogP contribution in [-0.4, -0.2) is 18.1 Å². The number of carbonyl (C=O) groups excluding carboxylic acids is 2. The van der Waals surface area contributed by atoms with Crippen molar-refractivity contribution in [2.75, 3.05) is 6.54 Å². The summed E-state index contributed by atoms with van der Waals surface area (Å²) in [5.41, 5.74) is 5.75. The Morgan fingerprint density at radius 3 is 2.64 bits per heavy atom. The van der Waals surface area contributed by atoms with Crippen molar-refractivity contribution in [1.82, 2.24) is 0 Å². The lowest BCUT2D eigenvalue weighted by molar-refractivity contribution is -0.114. The number of rotatable bonds is 2. The molecule has 3 heteroatoms. The van der Waals surface area contributed by atoms with Crippen molar-refractivity contribution in [3.63, 3.8) is 0 Å². The predicted octanol–water partition coefficient (Wildman–Crippen LogP) is -0.0304. The smallest absolute Gasteiger partial charge is 0.182 e. The fourth-order valence-electron chi connectivity index (χ4n) is 0.907. The van der Waals surface area contributed by atoms with Gasteiger partial charge in [-0.25, -0.2) is 0 Å². The number of carbonyl (C=O) groups is 2. The Labute approximate surface area is 64.6 Å². The van der Waals surface area contributed by atoms with E-state index >= 15 is 0 Å². The molecule has 0 radical (unpaired) electrons. The maximum absolute atomic E-state index is 11.0. The lowest BCUT2D eigenvalue weighted by atomic mass is 10.0. The Hall–Kier alpha value is -1.22. The van der Waals surface area contributed by atoms with Gasteiger partial charge in [0, 0.05) is 5.57 Å². The zero-order valence-corrected chi connectivity index (χ0v) is 6.04. The molecule has 0 atom stereocenters. The maximum atomic E-state index is 11.0. The van der Waals surface area contributed by atoms with Crippen LogP contribution in [0.3, 0.4) is 0 Å². The van der Waals surface area contributed by atoms with Crippen molar-refractivity contribution in [2.24, 2.45) is 5.73 Å². The molecule has 0 aliphatic heterocycles. The summed E-state index contributed by atoms with van der Waals surface area (Å²) in [6.45, 7) is 0.401. The SMILES string of the molecule is NCCC1=CC(=O)C=CC1=O. The quantitative estimate of drug-likeness (QED) is 0.564. The van der Waals surface area contributed by atoms with Crippen molar-refractivity contribution >= 4 is 11.6 Å². The van der Waals surface area contributed by atoms with Gasteiger partial charge < -0.3 is 5.73 Å². The standard InChI is InChI=1S/C8H9NO2/c9-4-3-6-5-7(10)1-2-8(6)11/h1-2,5H,3-4,9H2. The second-order valence-corrected chi connectivity index (χ2v) is 2.31. The van der Waals surface area contributed by atoms with Gasteiger partial charge in [0.25, 0.3) is 0 Å². The molecule has 11 heavy (non-hydrogen) atoms. The van der Waals surface area contributed by atoms with Gasteiger partial charge in [-0.1, -0.05) is 0 Å². The molecule has 0 heterocycles. The van der Waals surface area contributed by atoms with E-state index in [0.29, 0.717) is 18.5 Å². The second kappa shape index (κ2) is 3.25. The minimum Gasteiger partial charge on any atom is -0.330 e. The highest BCUT2D eigenvalue weighted by Crippen LogP contribution is 2.07. The minimum atomic E-state index is -0.131. The normalized spacial score (nSPS) is 17.0. The summed E-state index contributed by atoms with van der Waals surface area (Å²) in [7, 11) is 0. The fraction of sp³-hybridized carbons (Fsp3) is 0.250. The summed E-state index contributed by atoms with van der Waals surface area (Å²) in [6.07, 6.45) is 4.37. The molecular weight excluding hydrogens is 142 g/mol. The molecule has 2 N–H and O–H groups in total. The molecule has 0 aromatic rings. The molecule has 1 aliphatic carbocycles. The Kier molecular flexibility index (Phi) is 2.33. The highest BCUT2D eigenvalue weighted by Gasteiger charge is 2.11. The zero-order chi connectivity index (χ0) is 8.27. The first-order valence-corrected chi connectivity index (χ1v) is 3.41. The van der Waals surface area contributed by atoms with Crippen molar-refractivity contribution in [2.45, 2.75) is 6.42 Å². The van der Waals surface area contributed by atoms with Crippen LogP contribution in [0.2, 0.25) is 0 Å². The third kappa shape index (κ3) is 1.85. The summed E-state index contributed by atoms with van der Waals surface area (Å²) in [5.74, 6) is -0.233. The highest BCUT2D eigenvalue weighted by atomic mass is 16.1. The largest absolute Gasteiger partial charge is 0.330 e. The van der Waals surface area contributed by atoms with Gasteiger partial charge in [-0.05, 0) is 31.2 Å². The summed E-state index contributed by atoms with van der Waals surface area (Å²) in [5, 5.41) is 0. The molecule has 1 rings (SSSR count). The van der Waals surface area contributed by atoms with Crippen molar-refractivity contribution in [3.05, 3.63) is 23.8 Å². The molecule has 0 aromatic carbocycles. The molecule has 58 valence electrons. The van der Waals surface area contributed by atoms with Gasteiger partial charge in [-0.15, -0.1) is 0 Å². The van der Waals surface area contributed by atoms with E-state index in [1.807, 2.05) is 0 Å². The van der Waals surface area contributed by atoms with E-state index < -0.39 is 0 Å². The molecule has 0 fully saturated rings. The Balaban J connectivity index is 2.76. The van der Waals surface area contributed by atoms with E-state index in [1.54, 1.807) is 0 Å². The Bertz CT molecular complexity index is 251. The van der Waals surface area contributed by atoms with Crippen LogP contribution in [0, 0.1) is 0 Å². The summed E-state index contributed by atoms with van der Waals surface area (Å²) in [6, 6.07) is 0. The van der Waals surface area contributed by atoms with Crippen LogP contribution in [0.15, 0.2) is 23.8 Å². The van der Waals surface area contributed by atoms with E-state index in [4.69, 9.17) is 5.73 Å². The number of allylic oxidation sites excluding steroid dienone is 3. The van der Waals surface area contributed by atoms with Crippen LogP contribution in [0.1, 0.15) is 6.42 Å². The van der Waals surface area contributed by atoms with Gasteiger partial charge >= 0.3 is 0 Å². The van der Waals surface area contributed by atoms with E-state index in [-0.39, 0.29) is 11.6 Å².